The van der Waals surface area contributed by atoms with Crippen molar-refractivity contribution in [2.24, 2.45) is 5.41 Å². The van der Waals surface area contributed by atoms with Crippen molar-refractivity contribution in [1.29, 1.82) is 0 Å². The van der Waals surface area contributed by atoms with Crippen LogP contribution in [0.25, 0.3) is 11.0 Å². The predicted octanol–water partition coefficient (Wildman–Crippen LogP) is 3.32. The molecule has 0 saturated carbocycles. The summed E-state index contributed by atoms with van der Waals surface area (Å²) in [7, 11) is 0. The van der Waals surface area contributed by atoms with Crippen molar-refractivity contribution in [3.8, 4) is 0 Å². The third-order valence-corrected chi connectivity index (χ3v) is 2.84. The molecule has 1 aromatic carbocycles. The van der Waals surface area contributed by atoms with E-state index in [1.54, 1.807) is 6.07 Å². The number of aromatic nitrogens is 2. The topological polar surface area (TPSA) is 83.8 Å². The van der Waals surface area contributed by atoms with Gasteiger partial charge in [0.1, 0.15) is 0 Å². The lowest BCUT2D eigenvalue weighted by atomic mass is 9.92. The largest absolute Gasteiger partial charge is 0.356 e. The molecule has 0 atom stereocenters. The van der Waals surface area contributed by atoms with Crippen LogP contribution in [0.2, 0.25) is 0 Å². The number of nitrogens with zero attached hydrogens (tertiary/aromatic N) is 2. The molecule has 6 nitrogen and oxygen atoms in total. The third kappa shape index (κ3) is 3.43. The van der Waals surface area contributed by atoms with E-state index >= 15 is 0 Å². The van der Waals surface area contributed by atoms with Crippen molar-refractivity contribution in [3.05, 3.63) is 28.3 Å². The summed E-state index contributed by atoms with van der Waals surface area (Å²) in [5, 5.41) is 13.9. The number of nitro groups is 1. The summed E-state index contributed by atoms with van der Waals surface area (Å²) in [6, 6.07) is 4.61. The number of nitro benzene ring substituents is 1. The number of rotatable bonds is 4. The number of nitrogens with one attached hydrogen (secondary N) is 2. The Morgan fingerprint density at radius 3 is 2.79 bits per heavy atom. The number of benzene rings is 1. The van der Waals surface area contributed by atoms with Gasteiger partial charge in [0.2, 0.25) is 5.95 Å². The molecule has 1 aromatic heterocycles. The zero-order chi connectivity index (χ0) is 14.0. The van der Waals surface area contributed by atoms with Crippen LogP contribution in [0.5, 0.6) is 0 Å². The number of non-ortho nitro benzene ring substituents is 1. The van der Waals surface area contributed by atoms with Crippen molar-refractivity contribution in [3.63, 3.8) is 0 Å². The smallest absolute Gasteiger partial charge is 0.271 e. The Kier molecular flexibility index (Phi) is 3.42. The van der Waals surface area contributed by atoms with Crippen LogP contribution in [0.4, 0.5) is 11.6 Å². The van der Waals surface area contributed by atoms with Gasteiger partial charge in [-0.3, -0.25) is 10.1 Å². The molecule has 2 aromatic rings. The second kappa shape index (κ2) is 4.87. The molecular formula is C13H18N4O2. The highest BCUT2D eigenvalue weighted by Crippen LogP contribution is 2.21. The Morgan fingerprint density at radius 2 is 2.16 bits per heavy atom. The van der Waals surface area contributed by atoms with Crippen molar-refractivity contribution in [2.45, 2.75) is 27.2 Å². The van der Waals surface area contributed by atoms with Crippen molar-refractivity contribution >= 4 is 22.7 Å². The highest BCUT2D eigenvalue weighted by molar-refractivity contribution is 5.79. The van der Waals surface area contributed by atoms with Crippen molar-refractivity contribution < 1.29 is 4.92 Å². The lowest BCUT2D eigenvalue weighted by Crippen LogP contribution is -2.13. The maximum atomic E-state index is 10.7. The van der Waals surface area contributed by atoms with E-state index < -0.39 is 4.92 Å². The Balaban J connectivity index is 2.11. The van der Waals surface area contributed by atoms with Crippen LogP contribution in [0.1, 0.15) is 27.2 Å². The number of fused-ring (bicyclic) bond motifs is 1. The molecule has 102 valence electrons. The van der Waals surface area contributed by atoms with E-state index in [1.165, 1.54) is 12.1 Å². The molecule has 0 spiro atoms. The first-order chi connectivity index (χ1) is 8.85. The highest BCUT2D eigenvalue weighted by Gasteiger charge is 2.11. The van der Waals surface area contributed by atoms with Crippen LogP contribution < -0.4 is 5.32 Å². The lowest BCUT2D eigenvalue weighted by molar-refractivity contribution is -0.384. The molecule has 2 N–H and O–H groups in total. The maximum absolute atomic E-state index is 10.7. The Hall–Kier alpha value is -2.11. The summed E-state index contributed by atoms with van der Waals surface area (Å²) in [6.45, 7) is 7.34. The van der Waals surface area contributed by atoms with Gasteiger partial charge in [0.25, 0.3) is 5.69 Å². The van der Waals surface area contributed by atoms with E-state index in [9.17, 15) is 10.1 Å². The minimum absolute atomic E-state index is 0.0670. The van der Waals surface area contributed by atoms with Crippen molar-refractivity contribution in [1.82, 2.24) is 9.97 Å². The molecule has 0 aliphatic rings. The molecule has 0 fully saturated rings. The second-order valence-corrected chi connectivity index (χ2v) is 5.78. The van der Waals surface area contributed by atoms with Gasteiger partial charge >= 0.3 is 0 Å². The van der Waals surface area contributed by atoms with E-state index in [-0.39, 0.29) is 11.1 Å². The van der Waals surface area contributed by atoms with Gasteiger partial charge in [-0.2, -0.15) is 0 Å². The zero-order valence-electron chi connectivity index (χ0n) is 11.4. The first-order valence-electron chi connectivity index (χ1n) is 6.23. The fourth-order valence-corrected chi connectivity index (χ4v) is 1.75. The first-order valence-corrected chi connectivity index (χ1v) is 6.23. The van der Waals surface area contributed by atoms with Crippen LogP contribution >= 0.6 is 0 Å². The fourth-order valence-electron chi connectivity index (χ4n) is 1.75. The molecule has 0 unspecified atom stereocenters. The quantitative estimate of drug-likeness (QED) is 0.654. The summed E-state index contributed by atoms with van der Waals surface area (Å²) in [5.41, 5.74) is 1.73. The third-order valence-electron chi connectivity index (χ3n) is 2.84. The van der Waals surface area contributed by atoms with Crippen LogP contribution in [0.15, 0.2) is 18.2 Å². The summed E-state index contributed by atoms with van der Waals surface area (Å²) in [6.07, 6.45) is 1.02. The van der Waals surface area contributed by atoms with Gasteiger partial charge in [-0.15, -0.1) is 0 Å². The average molecular weight is 262 g/mol. The first kappa shape index (κ1) is 13.3. The molecule has 0 aliphatic carbocycles. The zero-order valence-corrected chi connectivity index (χ0v) is 11.4. The van der Waals surface area contributed by atoms with Gasteiger partial charge in [0.15, 0.2) is 0 Å². The van der Waals surface area contributed by atoms with Crippen molar-refractivity contribution in [2.75, 3.05) is 11.9 Å². The number of hydrogen-bond donors (Lipinski definition) is 2. The molecule has 0 radical (unpaired) electrons. The molecule has 0 saturated heterocycles. The summed E-state index contributed by atoms with van der Waals surface area (Å²) in [4.78, 5) is 17.7. The number of anilines is 1. The molecule has 19 heavy (non-hydrogen) atoms. The number of hydrogen-bond acceptors (Lipinski definition) is 4. The molecule has 1 heterocycles. The van der Waals surface area contributed by atoms with E-state index in [4.69, 9.17) is 0 Å². The maximum Gasteiger partial charge on any atom is 0.271 e. The van der Waals surface area contributed by atoms with Crippen LogP contribution in [0.3, 0.4) is 0 Å². The van der Waals surface area contributed by atoms with E-state index in [1.807, 2.05) is 0 Å². The SMILES string of the molecule is CC(C)(C)CCNc1nc2ccc([N+](=O)[O-])cc2[nH]1. The summed E-state index contributed by atoms with van der Waals surface area (Å²) >= 11 is 0. The van der Waals surface area contributed by atoms with Crippen LogP contribution in [0, 0.1) is 15.5 Å². The second-order valence-electron chi connectivity index (χ2n) is 5.78. The number of imidazole rings is 1. The molecular weight excluding hydrogens is 244 g/mol. The fraction of sp³-hybridized carbons (Fsp3) is 0.462. The van der Waals surface area contributed by atoms with E-state index in [0.717, 1.165) is 18.5 Å². The standard InChI is InChI=1S/C13H18N4O2/c1-13(2,3)6-7-14-12-15-10-5-4-9(17(18)19)8-11(10)16-12/h4-5,8H,6-7H2,1-3H3,(H2,14,15,16). The van der Waals surface area contributed by atoms with Gasteiger partial charge in [-0.25, -0.2) is 4.98 Å². The molecule has 0 bridgehead atoms. The average Bonchev–Trinajstić information content (AvgIpc) is 2.68. The van der Waals surface area contributed by atoms with E-state index in [2.05, 4.69) is 36.1 Å². The minimum Gasteiger partial charge on any atom is -0.356 e. The van der Waals surface area contributed by atoms with E-state index in [0.29, 0.717) is 11.5 Å². The summed E-state index contributed by atoms with van der Waals surface area (Å²) in [5.74, 6) is 0.653. The number of H-pyrrole nitrogens is 1. The Morgan fingerprint density at radius 1 is 1.42 bits per heavy atom. The Labute approximate surface area is 111 Å². The van der Waals surface area contributed by atoms with Gasteiger partial charge < -0.3 is 10.3 Å². The van der Waals surface area contributed by atoms with Gasteiger partial charge in [0, 0.05) is 18.7 Å². The molecule has 0 amide bonds. The normalized spacial score (nSPS) is 11.7. The minimum atomic E-state index is -0.410. The van der Waals surface area contributed by atoms with Crippen LogP contribution in [-0.4, -0.2) is 21.4 Å². The lowest BCUT2D eigenvalue weighted by Gasteiger charge is -2.17. The number of aromatic amines is 1. The molecule has 2 rings (SSSR count). The predicted molar refractivity (Wildman–Crippen MR) is 75.3 cm³/mol. The van der Waals surface area contributed by atoms with Gasteiger partial charge in [-0.1, -0.05) is 20.8 Å². The molecule has 0 aliphatic heterocycles. The van der Waals surface area contributed by atoms with Crippen LogP contribution in [-0.2, 0) is 0 Å². The molecule has 6 heteroatoms. The monoisotopic (exact) mass is 262 g/mol. The highest BCUT2D eigenvalue weighted by atomic mass is 16.6. The van der Waals surface area contributed by atoms with Gasteiger partial charge in [-0.05, 0) is 17.9 Å². The van der Waals surface area contributed by atoms with Gasteiger partial charge in [0.05, 0.1) is 16.0 Å². The Bertz CT molecular complexity index is 598. The summed E-state index contributed by atoms with van der Waals surface area (Å²) < 4.78 is 0.